The second-order valence-electron chi connectivity index (χ2n) is 4.50. The van der Waals surface area contributed by atoms with Gasteiger partial charge in [-0.3, -0.25) is 4.79 Å². The quantitative estimate of drug-likeness (QED) is 0.670. The zero-order valence-electron chi connectivity index (χ0n) is 8.18. The maximum Gasteiger partial charge on any atom is 0.240 e. The summed E-state index contributed by atoms with van der Waals surface area (Å²) in [5, 5.41) is 2.95. The van der Waals surface area contributed by atoms with Gasteiger partial charge in [-0.15, -0.1) is 0 Å². The number of nitrogens with two attached hydrogens (primary N) is 1. The summed E-state index contributed by atoms with van der Waals surface area (Å²) >= 11 is 0. The summed E-state index contributed by atoms with van der Waals surface area (Å²) in [7, 11) is 0. The van der Waals surface area contributed by atoms with Crippen LogP contribution >= 0.6 is 0 Å². The average Bonchev–Trinajstić information content (AvgIpc) is 2.97. The van der Waals surface area contributed by atoms with Crippen LogP contribution in [-0.4, -0.2) is 18.0 Å². The summed E-state index contributed by atoms with van der Waals surface area (Å²) in [6.45, 7) is 2.93. The van der Waals surface area contributed by atoms with Gasteiger partial charge in [0.2, 0.25) is 5.91 Å². The molecule has 3 heteroatoms. The highest BCUT2D eigenvalue weighted by Crippen LogP contribution is 2.43. The lowest BCUT2D eigenvalue weighted by Crippen LogP contribution is -2.45. The Balaban J connectivity index is 1.76. The standard InChI is InChI=1S/C10H18N2O/c1-2-8-5-10(8,11)9(13)12-6-7-3-4-7/h7-8H,2-6,11H2,1H3,(H,12,13)/t8-,10?/m1/s1. The van der Waals surface area contributed by atoms with E-state index in [0.29, 0.717) is 5.92 Å². The van der Waals surface area contributed by atoms with Crippen molar-refractivity contribution in [2.45, 2.75) is 38.1 Å². The van der Waals surface area contributed by atoms with Gasteiger partial charge in [0.25, 0.3) is 0 Å². The van der Waals surface area contributed by atoms with Crippen molar-refractivity contribution in [3.05, 3.63) is 0 Å². The molecule has 3 nitrogen and oxygen atoms in total. The lowest BCUT2D eigenvalue weighted by atomic mass is 10.1. The molecule has 2 rings (SSSR count). The fourth-order valence-corrected chi connectivity index (χ4v) is 1.86. The molecule has 2 aliphatic rings. The molecule has 13 heavy (non-hydrogen) atoms. The molecule has 0 aromatic rings. The van der Waals surface area contributed by atoms with Crippen molar-refractivity contribution >= 4 is 5.91 Å². The highest BCUT2D eigenvalue weighted by atomic mass is 16.2. The number of carbonyl (C=O) groups is 1. The van der Waals surface area contributed by atoms with Crippen molar-refractivity contribution in [3.8, 4) is 0 Å². The highest BCUT2D eigenvalue weighted by molar-refractivity contribution is 5.89. The van der Waals surface area contributed by atoms with Gasteiger partial charge in [0.1, 0.15) is 0 Å². The second kappa shape index (κ2) is 2.98. The van der Waals surface area contributed by atoms with Crippen molar-refractivity contribution in [3.63, 3.8) is 0 Å². The molecular formula is C10H18N2O. The largest absolute Gasteiger partial charge is 0.354 e. The van der Waals surface area contributed by atoms with Crippen molar-refractivity contribution in [2.24, 2.45) is 17.6 Å². The molecule has 0 aromatic carbocycles. The van der Waals surface area contributed by atoms with Crippen LogP contribution in [-0.2, 0) is 4.79 Å². The molecule has 0 saturated heterocycles. The van der Waals surface area contributed by atoms with Crippen molar-refractivity contribution in [2.75, 3.05) is 6.54 Å². The number of hydrogen-bond donors (Lipinski definition) is 2. The fraction of sp³-hybridized carbons (Fsp3) is 0.900. The van der Waals surface area contributed by atoms with Gasteiger partial charge in [0.05, 0.1) is 5.54 Å². The van der Waals surface area contributed by atoms with Crippen molar-refractivity contribution in [1.29, 1.82) is 0 Å². The molecule has 0 aliphatic heterocycles. The van der Waals surface area contributed by atoms with Gasteiger partial charge in [-0.1, -0.05) is 13.3 Å². The molecular weight excluding hydrogens is 164 g/mol. The first-order chi connectivity index (χ1) is 6.16. The number of nitrogens with one attached hydrogen (secondary N) is 1. The maximum atomic E-state index is 11.6. The van der Waals surface area contributed by atoms with E-state index in [1.165, 1.54) is 12.8 Å². The summed E-state index contributed by atoms with van der Waals surface area (Å²) in [5.41, 5.74) is 5.43. The molecule has 0 aromatic heterocycles. The van der Waals surface area contributed by atoms with Gasteiger partial charge in [-0.25, -0.2) is 0 Å². The van der Waals surface area contributed by atoms with Crippen molar-refractivity contribution < 1.29 is 4.79 Å². The predicted molar refractivity (Wildman–Crippen MR) is 51.1 cm³/mol. The van der Waals surface area contributed by atoms with Crippen LogP contribution in [0.2, 0.25) is 0 Å². The van der Waals surface area contributed by atoms with Crippen molar-refractivity contribution in [1.82, 2.24) is 5.32 Å². The van der Waals surface area contributed by atoms with Crippen LogP contribution in [0.5, 0.6) is 0 Å². The highest BCUT2D eigenvalue weighted by Gasteiger charge is 2.55. The summed E-state index contributed by atoms with van der Waals surface area (Å²) in [6.07, 6.45) is 4.44. The SMILES string of the molecule is CC[C@@H]1CC1(N)C(=O)NCC1CC1. The second-order valence-corrected chi connectivity index (χ2v) is 4.50. The first-order valence-electron chi connectivity index (χ1n) is 5.24. The Morgan fingerprint density at radius 1 is 1.62 bits per heavy atom. The molecule has 2 aliphatic carbocycles. The lowest BCUT2D eigenvalue weighted by Gasteiger charge is -2.11. The molecule has 0 bridgehead atoms. The smallest absolute Gasteiger partial charge is 0.240 e. The summed E-state index contributed by atoms with van der Waals surface area (Å²) < 4.78 is 0. The van der Waals surface area contributed by atoms with Crippen LogP contribution in [0.25, 0.3) is 0 Å². The van der Waals surface area contributed by atoms with E-state index in [9.17, 15) is 4.79 Å². The van der Waals surface area contributed by atoms with E-state index < -0.39 is 5.54 Å². The Hall–Kier alpha value is -0.570. The van der Waals surface area contributed by atoms with E-state index in [4.69, 9.17) is 5.73 Å². The van der Waals surface area contributed by atoms with Crippen LogP contribution in [0.1, 0.15) is 32.6 Å². The van der Waals surface area contributed by atoms with Gasteiger partial charge in [0.15, 0.2) is 0 Å². The molecule has 3 N–H and O–H groups in total. The molecule has 0 heterocycles. The minimum absolute atomic E-state index is 0.0752. The summed E-state index contributed by atoms with van der Waals surface area (Å²) in [5.74, 6) is 1.24. The zero-order valence-corrected chi connectivity index (χ0v) is 8.18. The van der Waals surface area contributed by atoms with Gasteiger partial charge < -0.3 is 11.1 Å². The molecule has 0 spiro atoms. The normalized spacial score (nSPS) is 37.2. The topological polar surface area (TPSA) is 55.1 Å². The first kappa shape index (κ1) is 9.00. The van der Waals surface area contributed by atoms with Crippen LogP contribution < -0.4 is 11.1 Å². The van der Waals surface area contributed by atoms with E-state index in [1.807, 2.05) is 0 Å². The van der Waals surface area contributed by atoms with Gasteiger partial charge in [-0.2, -0.15) is 0 Å². The Kier molecular flexibility index (Phi) is 2.06. The van der Waals surface area contributed by atoms with E-state index in [2.05, 4.69) is 12.2 Å². The van der Waals surface area contributed by atoms with Crippen LogP contribution in [0.15, 0.2) is 0 Å². The molecule has 0 radical (unpaired) electrons. The third-order valence-electron chi connectivity index (χ3n) is 3.32. The molecule has 2 fully saturated rings. The number of rotatable bonds is 4. The zero-order chi connectivity index (χ0) is 9.47. The maximum absolute atomic E-state index is 11.6. The average molecular weight is 182 g/mol. The molecule has 1 unspecified atom stereocenters. The van der Waals surface area contributed by atoms with Crippen LogP contribution in [0.4, 0.5) is 0 Å². The van der Waals surface area contributed by atoms with E-state index in [-0.39, 0.29) is 5.91 Å². The molecule has 1 amide bonds. The van der Waals surface area contributed by atoms with Gasteiger partial charge in [0, 0.05) is 6.54 Å². The Morgan fingerprint density at radius 3 is 2.77 bits per heavy atom. The molecule has 2 atom stereocenters. The summed E-state index contributed by atoms with van der Waals surface area (Å²) in [4.78, 5) is 11.6. The lowest BCUT2D eigenvalue weighted by molar-refractivity contribution is -0.123. The first-order valence-corrected chi connectivity index (χ1v) is 5.24. The number of carbonyl (C=O) groups excluding carboxylic acids is 1. The fourth-order valence-electron chi connectivity index (χ4n) is 1.86. The van der Waals surface area contributed by atoms with Gasteiger partial charge in [-0.05, 0) is 31.1 Å². The Bertz CT molecular complexity index is 225. The van der Waals surface area contributed by atoms with Crippen LogP contribution in [0, 0.1) is 11.8 Å². The Morgan fingerprint density at radius 2 is 2.31 bits per heavy atom. The van der Waals surface area contributed by atoms with Gasteiger partial charge >= 0.3 is 0 Å². The predicted octanol–water partition coefficient (Wildman–Crippen LogP) is 0.640. The van der Waals surface area contributed by atoms with E-state index in [1.54, 1.807) is 0 Å². The van der Waals surface area contributed by atoms with E-state index in [0.717, 1.165) is 25.3 Å². The molecule has 2 saturated carbocycles. The minimum Gasteiger partial charge on any atom is -0.354 e. The number of amides is 1. The third kappa shape index (κ3) is 1.70. The van der Waals surface area contributed by atoms with E-state index >= 15 is 0 Å². The minimum atomic E-state index is -0.510. The Labute approximate surface area is 79.1 Å². The monoisotopic (exact) mass is 182 g/mol. The molecule has 74 valence electrons. The summed E-state index contributed by atoms with van der Waals surface area (Å²) in [6, 6.07) is 0. The van der Waals surface area contributed by atoms with Crippen LogP contribution in [0.3, 0.4) is 0 Å². The third-order valence-corrected chi connectivity index (χ3v) is 3.32. The number of hydrogen-bond acceptors (Lipinski definition) is 2.